The predicted octanol–water partition coefficient (Wildman–Crippen LogP) is 0.498. The van der Waals surface area contributed by atoms with Crippen LogP contribution in [0.1, 0.15) is 52.8 Å². The predicted molar refractivity (Wildman–Crippen MR) is 119 cm³/mol. The van der Waals surface area contributed by atoms with Gasteiger partial charge in [-0.1, -0.05) is 35.9 Å². The highest BCUT2D eigenvalue weighted by Crippen LogP contribution is 2.38. The van der Waals surface area contributed by atoms with Gasteiger partial charge in [0.15, 0.2) is 0 Å². The van der Waals surface area contributed by atoms with Crippen molar-refractivity contribution in [3.05, 3.63) is 69.5 Å². The SMILES string of the molecule is BC1(B)Cc2ccc(Cc3cc([C@@H]4O[C@H](CO)C[C@H](O)[C@H]4O)c(F)cc3CC)cc21. The zero-order chi connectivity index (χ0) is 21.6. The van der Waals surface area contributed by atoms with Gasteiger partial charge in [0.25, 0.3) is 0 Å². The van der Waals surface area contributed by atoms with Crippen LogP contribution in [0.25, 0.3) is 0 Å². The second kappa shape index (κ2) is 8.12. The molecule has 2 aromatic rings. The van der Waals surface area contributed by atoms with E-state index in [0.717, 1.165) is 17.5 Å². The van der Waals surface area contributed by atoms with Crippen molar-refractivity contribution in [3.63, 3.8) is 0 Å². The summed E-state index contributed by atoms with van der Waals surface area (Å²) in [4.78, 5) is 0. The normalized spacial score (nSPS) is 27.4. The lowest BCUT2D eigenvalue weighted by molar-refractivity contribution is -0.180. The number of aliphatic hydroxyl groups excluding tert-OH is 3. The standard InChI is InChI=1S/C23H29B2FO4/c1-2-13-8-19(26)17(22-21(29)20(28)9-16(11-27)30-22)7-15(13)5-12-3-4-14-10-23(24,25)18(14)6-12/h3-4,6-8,16,20-22,27-29H,2,5,9-11,24-25H2,1H3/t16-,20-,21+,22-/m0/s1. The van der Waals surface area contributed by atoms with Gasteiger partial charge in [-0.3, -0.25) is 0 Å². The van der Waals surface area contributed by atoms with Gasteiger partial charge >= 0.3 is 0 Å². The molecule has 0 amide bonds. The molecular formula is C23H29B2FO4. The molecule has 0 aromatic heterocycles. The second-order valence-electron chi connectivity index (χ2n) is 9.38. The van der Waals surface area contributed by atoms with E-state index in [1.807, 2.05) is 6.92 Å². The molecule has 1 aliphatic carbocycles. The van der Waals surface area contributed by atoms with Gasteiger partial charge in [0, 0.05) is 12.0 Å². The van der Waals surface area contributed by atoms with Crippen molar-refractivity contribution in [3.8, 4) is 0 Å². The fourth-order valence-electron chi connectivity index (χ4n) is 4.92. The topological polar surface area (TPSA) is 69.9 Å². The van der Waals surface area contributed by atoms with Crippen LogP contribution in [0, 0.1) is 5.82 Å². The van der Waals surface area contributed by atoms with Crippen LogP contribution in [0.2, 0.25) is 0 Å². The van der Waals surface area contributed by atoms with E-state index in [1.165, 1.54) is 22.8 Å². The van der Waals surface area contributed by atoms with E-state index in [9.17, 15) is 19.7 Å². The van der Waals surface area contributed by atoms with Crippen molar-refractivity contribution < 1.29 is 24.4 Å². The first-order chi connectivity index (χ1) is 14.2. The Kier molecular flexibility index (Phi) is 5.84. The van der Waals surface area contributed by atoms with Gasteiger partial charge < -0.3 is 20.1 Å². The molecule has 7 heteroatoms. The van der Waals surface area contributed by atoms with Gasteiger partial charge in [-0.2, -0.15) is 0 Å². The van der Waals surface area contributed by atoms with Crippen molar-refractivity contribution >= 4 is 15.7 Å². The Balaban J connectivity index is 1.68. The van der Waals surface area contributed by atoms with E-state index in [2.05, 4.69) is 33.9 Å². The number of fused-ring (bicyclic) bond motifs is 1. The molecule has 30 heavy (non-hydrogen) atoms. The molecule has 158 valence electrons. The van der Waals surface area contributed by atoms with E-state index in [0.29, 0.717) is 12.8 Å². The van der Waals surface area contributed by atoms with Gasteiger partial charge in [-0.15, -0.1) is 0 Å². The van der Waals surface area contributed by atoms with Crippen LogP contribution in [-0.2, 0) is 29.2 Å². The molecule has 0 saturated carbocycles. The number of halogens is 1. The van der Waals surface area contributed by atoms with Crippen molar-refractivity contribution in [2.45, 2.75) is 62.2 Å². The van der Waals surface area contributed by atoms with Crippen molar-refractivity contribution in [2.75, 3.05) is 6.61 Å². The summed E-state index contributed by atoms with van der Waals surface area (Å²) in [6, 6.07) is 9.84. The number of hydrogen-bond donors (Lipinski definition) is 3. The maximum Gasteiger partial charge on any atom is 0.129 e. The average Bonchev–Trinajstić information content (AvgIpc) is 2.71. The van der Waals surface area contributed by atoms with Crippen molar-refractivity contribution in [2.24, 2.45) is 0 Å². The number of benzene rings is 2. The summed E-state index contributed by atoms with van der Waals surface area (Å²) in [6.07, 6.45) is -1.36. The molecule has 4 atom stereocenters. The summed E-state index contributed by atoms with van der Waals surface area (Å²) in [5.41, 5.74) is 6.08. The maximum absolute atomic E-state index is 15.0. The molecule has 2 aliphatic rings. The Morgan fingerprint density at radius 1 is 1.17 bits per heavy atom. The highest BCUT2D eigenvalue weighted by atomic mass is 19.1. The molecule has 1 saturated heterocycles. The first-order valence-corrected chi connectivity index (χ1v) is 10.8. The van der Waals surface area contributed by atoms with E-state index >= 15 is 0 Å². The van der Waals surface area contributed by atoms with Gasteiger partial charge in [0.1, 0.15) is 33.7 Å². The summed E-state index contributed by atoms with van der Waals surface area (Å²) in [6.45, 7) is 1.71. The number of ether oxygens (including phenoxy) is 1. The minimum Gasteiger partial charge on any atom is -0.394 e. The van der Waals surface area contributed by atoms with Crippen LogP contribution < -0.4 is 0 Å². The smallest absolute Gasteiger partial charge is 0.129 e. The van der Waals surface area contributed by atoms with Crippen molar-refractivity contribution in [1.82, 2.24) is 0 Å². The molecule has 0 spiro atoms. The first kappa shape index (κ1) is 21.6. The lowest BCUT2D eigenvalue weighted by Crippen LogP contribution is -2.45. The summed E-state index contributed by atoms with van der Waals surface area (Å²) in [5.74, 6) is -0.455. The maximum atomic E-state index is 15.0. The average molecular weight is 410 g/mol. The molecule has 0 radical (unpaired) electrons. The highest BCUT2D eigenvalue weighted by molar-refractivity contribution is 6.41. The van der Waals surface area contributed by atoms with E-state index < -0.39 is 30.2 Å². The fourth-order valence-corrected chi connectivity index (χ4v) is 4.92. The number of aryl methyl sites for hydroxylation is 1. The summed E-state index contributed by atoms with van der Waals surface area (Å²) >= 11 is 0. The third kappa shape index (κ3) is 3.84. The quantitative estimate of drug-likeness (QED) is 0.629. The largest absolute Gasteiger partial charge is 0.394 e. The number of rotatable bonds is 5. The van der Waals surface area contributed by atoms with Crippen molar-refractivity contribution in [1.29, 1.82) is 0 Å². The molecule has 3 N–H and O–H groups in total. The third-order valence-corrected chi connectivity index (χ3v) is 6.69. The summed E-state index contributed by atoms with van der Waals surface area (Å²) in [5, 5.41) is 30.2. The van der Waals surface area contributed by atoms with Crippen LogP contribution in [0.4, 0.5) is 4.39 Å². The molecule has 4 nitrogen and oxygen atoms in total. The van der Waals surface area contributed by atoms with E-state index in [-0.39, 0.29) is 23.8 Å². The third-order valence-electron chi connectivity index (χ3n) is 6.69. The Morgan fingerprint density at radius 2 is 1.93 bits per heavy atom. The van der Waals surface area contributed by atoms with Gasteiger partial charge in [0.2, 0.25) is 0 Å². The fraction of sp³-hybridized carbons (Fsp3) is 0.478. The Bertz CT molecular complexity index is 949. The lowest BCUT2D eigenvalue weighted by Gasteiger charge is -2.39. The second-order valence-corrected chi connectivity index (χ2v) is 9.38. The molecule has 2 aromatic carbocycles. The minimum atomic E-state index is -1.24. The Hall–Kier alpha value is -1.66. The first-order valence-electron chi connectivity index (χ1n) is 10.8. The van der Waals surface area contributed by atoms with Crippen LogP contribution in [-0.4, -0.2) is 55.9 Å². The minimum absolute atomic E-state index is 0.126. The van der Waals surface area contributed by atoms with Crippen LogP contribution in [0.3, 0.4) is 0 Å². The summed E-state index contributed by atoms with van der Waals surface area (Å²) in [7, 11) is 4.49. The van der Waals surface area contributed by atoms with Crippen LogP contribution in [0.15, 0.2) is 30.3 Å². The van der Waals surface area contributed by atoms with Gasteiger partial charge in [-0.25, -0.2) is 4.39 Å². The van der Waals surface area contributed by atoms with Crippen LogP contribution >= 0.6 is 0 Å². The van der Waals surface area contributed by atoms with Crippen LogP contribution in [0.5, 0.6) is 0 Å². The summed E-state index contributed by atoms with van der Waals surface area (Å²) < 4.78 is 20.7. The number of hydrogen-bond acceptors (Lipinski definition) is 4. The lowest BCUT2D eigenvalue weighted by atomic mass is 9.42. The molecule has 1 fully saturated rings. The molecule has 1 aliphatic heterocycles. The molecular weight excluding hydrogens is 381 g/mol. The van der Waals surface area contributed by atoms with Gasteiger partial charge in [-0.05, 0) is 53.6 Å². The molecule has 1 heterocycles. The monoisotopic (exact) mass is 410 g/mol. The van der Waals surface area contributed by atoms with E-state index in [4.69, 9.17) is 4.74 Å². The van der Waals surface area contributed by atoms with Gasteiger partial charge in [0.05, 0.1) is 18.8 Å². The Morgan fingerprint density at radius 3 is 2.60 bits per heavy atom. The Labute approximate surface area is 178 Å². The molecule has 0 bridgehead atoms. The molecule has 0 unspecified atom stereocenters. The zero-order valence-corrected chi connectivity index (χ0v) is 17.9. The van der Waals surface area contributed by atoms with E-state index in [1.54, 1.807) is 6.07 Å². The number of aliphatic hydroxyl groups is 3. The zero-order valence-electron chi connectivity index (χ0n) is 17.9. The molecule has 4 rings (SSSR count). The highest BCUT2D eigenvalue weighted by Gasteiger charge is 2.39.